The minimum absolute atomic E-state index is 0. The SMILES string of the molecule is COc1c(C#N)ccc(N)c1C(=N)/C=C/C1=CC2CC2N=C1.[HH]. The normalized spacial score (nSPS) is 21.9. The van der Waals surface area contributed by atoms with Crippen LogP contribution in [-0.4, -0.2) is 25.1 Å². The van der Waals surface area contributed by atoms with Crippen molar-refractivity contribution in [3.63, 3.8) is 0 Å². The number of nitrogens with one attached hydrogen (secondary N) is 1. The summed E-state index contributed by atoms with van der Waals surface area (Å²) in [5.41, 5.74) is 8.38. The standard InChI is InChI=1S/C17H16N4O.H2/c1-22-17-11(8-18)3-5-14(20)16(17)13(19)4-2-10-6-12-7-15(12)21-9-10;/h2-6,9,12,15,19H,7,20H2,1H3;1H/b4-2+,19-13?;. The summed E-state index contributed by atoms with van der Waals surface area (Å²) < 4.78 is 5.27. The van der Waals surface area contributed by atoms with Crippen molar-refractivity contribution in [1.82, 2.24) is 0 Å². The fourth-order valence-electron chi connectivity index (χ4n) is 2.56. The summed E-state index contributed by atoms with van der Waals surface area (Å²) in [5.74, 6) is 0.894. The molecule has 2 atom stereocenters. The Morgan fingerprint density at radius 1 is 1.59 bits per heavy atom. The van der Waals surface area contributed by atoms with Gasteiger partial charge >= 0.3 is 0 Å². The van der Waals surface area contributed by atoms with Crippen LogP contribution in [0.3, 0.4) is 0 Å². The monoisotopic (exact) mass is 294 g/mol. The summed E-state index contributed by atoms with van der Waals surface area (Å²) in [6, 6.07) is 5.74. The lowest BCUT2D eigenvalue weighted by Gasteiger charge is -2.12. The molecule has 0 saturated heterocycles. The number of allylic oxidation sites excluding steroid dienone is 3. The molecule has 0 radical (unpaired) electrons. The van der Waals surface area contributed by atoms with Gasteiger partial charge < -0.3 is 15.9 Å². The summed E-state index contributed by atoms with van der Waals surface area (Å²) in [7, 11) is 1.47. The number of methoxy groups -OCH3 is 1. The van der Waals surface area contributed by atoms with Gasteiger partial charge in [-0.3, -0.25) is 4.99 Å². The maximum absolute atomic E-state index is 9.13. The molecule has 22 heavy (non-hydrogen) atoms. The van der Waals surface area contributed by atoms with Crippen molar-refractivity contribution in [2.75, 3.05) is 12.8 Å². The van der Waals surface area contributed by atoms with Gasteiger partial charge in [0.1, 0.15) is 11.8 Å². The van der Waals surface area contributed by atoms with E-state index < -0.39 is 0 Å². The predicted molar refractivity (Wildman–Crippen MR) is 88.7 cm³/mol. The lowest BCUT2D eigenvalue weighted by molar-refractivity contribution is 0.413. The van der Waals surface area contributed by atoms with Gasteiger partial charge in [-0.15, -0.1) is 0 Å². The van der Waals surface area contributed by atoms with Gasteiger partial charge in [0, 0.05) is 19.2 Å². The molecule has 2 aliphatic rings. The third kappa shape index (κ3) is 2.51. The van der Waals surface area contributed by atoms with Crippen LogP contribution >= 0.6 is 0 Å². The summed E-state index contributed by atoms with van der Waals surface area (Å²) >= 11 is 0. The summed E-state index contributed by atoms with van der Waals surface area (Å²) in [6.45, 7) is 0. The third-order valence-corrected chi connectivity index (χ3v) is 3.85. The Bertz CT molecular complexity index is 774. The van der Waals surface area contributed by atoms with Gasteiger partial charge in [0.05, 0.1) is 30.0 Å². The average molecular weight is 294 g/mol. The van der Waals surface area contributed by atoms with E-state index in [1.807, 2.05) is 12.3 Å². The summed E-state index contributed by atoms with van der Waals surface area (Å²) in [4.78, 5) is 4.41. The molecule has 5 nitrogen and oxygen atoms in total. The fraction of sp³-hybridized carbons (Fsp3) is 0.235. The first kappa shape index (κ1) is 14.1. The molecule has 1 saturated carbocycles. The van der Waals surface area contributed by atoms with Crippen molar-refractivity contribution in [3.05, 3.63) is 47.1 Å². The highest BCUT2D eigenvalue weighted by Gasteiger charge is 2.36. The number of hydrogen-bond donors (Lipinski definition) is 2. The Morgan fingerprint density at radius 3 is 3.09 bits per heavy atom. The highest BCUT2D eigenvalue weighted by molar-refractivity contribution is 6.13. The topological polar surface area (TPSA) is 95.2 Å². The molecular weight excluding hydrogens is 276 g/mol. The van der Waals surface area contributed by atoms with E-state index in [9.17, 15) is 0 Å². The number of benzene rings is 1. The fourth-order valence-corrected chi connectivity index (χ4v) is 2.56. The van der Waals surface area contributed by atoms with Crippen LogP contribution in [0.4, 0.5) is 5.69 Å². The van der Waals surface area contributed by atoms with E-state index in [1.165, 1.54) is 7.11 Å². The zero-order chi connectivity index (χ0) is 15.7. The predicted octanol–water partition coefficient (Wildman–Crippen LogP) is 2.72. The second-order valence-electron chi connectivity index (χ2n) is 5.38. The summed E-state index contributed by atoms with van der Waals surface area (Å²) in [5, 5.41) is 17.4. The number of nitrogen functional groups attached to an aromatic ring is 1. The Balaban J connectivity index is 0.00000192. The molecule has 0 amide bonds. The minimum atomic E-state index is 0. The number of nitrogens with two attached hydrogens (primary N) is 1. The van der Waals surface area contributed by atoms with Gasteiger partial charge in [-0.25, -0.2) is 0 Å². The van der Waals surface area contributed by atoms with Gasteiger partial charge in [-0.1, -0.05) is 12.2 Å². The van der Waals surface area contributed by atoms with Crippen LogP contribution in [0.1, 0.15) is 19.0 Å². The molecule has 112 valence electrons. The number of dihydropyridines is 1. The van der Waals surface area contributed by atoms with E-state index in [0.29, 0.717) is 34.5 Å². The number of nitriles is 1. The average Bonchev–Trinajstić information content (AvgIpc) is 3.30. The van der Waals surface area contributed by atoms with Crippen LogP contribution in [0, 0.1) is 22.7 Å². The Kier molecular flexibility index (Phi) is 3.51. The van der Waals surface area contributed by atoms with Crippen LogP contribution in [0.2, 0.25) is 0 Å². The van der Waals surface area contributed by atoms with Crippen LogP contribution in [0.25, 0.3) is 0 Å². The van der Waals surface area contributed by atoms with Crippen molar-refractivity contribution >= 4 is 17.6 Å². The molecular formula is C17H18N4O. The number of aliphatic imine (C=N–C) groups is 1. The molecule has 0 aromatic heterocycles. The van der Waals surface area contributed by atoms with E-state index >= 15 is 0 Å². The van der Waals surface area contributed by atoms with Crippen LogP contribution in [0.15, 0.2) is 40.9 Å². The second-order valence-corrected chi connectivity index (χ2v) is 5.38. The number of anilines is 1. The Labute approximate surface area is 130 Å². The first-order valence-corrected chi connectivity index (χ1v) is 7.02. The molecule has 1 aliphatic heterocycles. The molecule has 0 spiro atoms. The molecule has 2 unspecified atom stereocenters. The highest BCUT2D eigenvalue weighted by Crippen LogP contribution is 2.38. The molecule has 1 fully saturated rings. The second kappa shape index (κ2) is 5.49. The molecule has 1 aromatic carbocycles. The molecule has 1 heterocycles. The van der Waals surface area contributed by atoms with E-state index in [-0.39, 0.29) is 7.14 Å². The van der Waals surface area contributed by atoms with Crippen molar-refractivity contribution in [2.24, 2.45) is 10.9 Å². The molecule has 1 aromatic rings. The third-order valence-electron chi connectivity index (χ3n) is 3.85. The van der Waals surface area contributed by atoms with Crippen molar-refractivity contribution in [1.29, 1.82) is 10.7 Å². The van der Waals surface area contributed by atoms with E-state index in [0.717, 1.165) is 12.0 Å². The lowest BCUT2D eigenvalue weighted by Crippen LogP contribution is -2.06. The van der Waals surface area contributed by atoms with Crippen molar-refractivity contribution in [2.45, 2.75) is 12.5 Å². The van der Waals surface area contributed by atoms with Crippen LogP contribution < -0.4 is 10.5 Å². The van der Waals surface area contributed by atoms with E-state index in [1.54, 1.807) is 18.2 Å². The maximum atomic E-state index is 9.13. The maximum Gasteiger partial charge on any atom is 0.148 e. The molecule has 5 heteroatoms. The van der Waals surface area contributed by atoms with Gasteiger partial charge in [0.15, 0.2) is 0 Å². The minimum Gasteiger partial charge on any atom is -0.495 e. The van der Waals surface area contributed by atoms with Crippen LogP contribution in [-0.2, 0) is 0 Å². The number of fused-ring (bicyclic) bond motifs is 1. The van der Waals surface area contributed by atoms with Gasteiger partial charge in [0.25, 0.3) is 0 Å². The van der Waals surface area contributed by atoms with Gasteiger partial charge in [0.2, 0.25) is 0 Å². The van der Waals surface area contributed by atoms with Crippen molar-refractivity contribution in [3.8, 4) is 11.8 Å². The molecule has 1 aliphatic carbocycles. The van der Waals surface area contributed by atoms with Crippen LogP contribution in [0.5, 0.6) is 5.75 Å². The highest BCUT2D eigenvalue weighted by atomic mass is 16.5. The zero-order valence-electron chi connectivity index (χ0n) is 12.2. The molecule has 0 bridgehead atoms. The van der Waals surface area contributed by atoms with E-state index in [4.69, 9.17) is 21.1 Å². The van der Waals surface area contributed by atoms with E-state index in [2.05, 4.69) is 17.1 Å². The number of rotatable bonds is 4. The quantitative estimate of drug-likeness (QED) is 0.660. The molecule has 3 rings (SSSR count). The zero-order valence-corrected chi connectivity index (χ0v) is 12.2. The number of ether oxygens (including phenoxy) is 1. The first-order valence-electron chi connectivity index (χ1n) is 7.02. The van der Waals surface area contributed by atoms with Crippen molar-refractivity contribution < 1.29 is 6.16 Å². The Morgan fingerprint density at radius 2 is 2.41 bits per heavy atom. The number of nitrogens with zero attached hydrogens (tertiary/aromatic N) is 2. The lowest BCUT2D eigenvalue weighted by atomic mass is 10.0. The first-order chi connectivity index (χ1) is 10.6. The summed E-state index contributed by atoms with van der Waals surface area (Å²) in [6.07, 6.45) is 8.64. The number of hydrogen-bond acceptors (Lipinski definition) is 5. The molecule has 3 N–H and O–H groups in total. The Hall–Kier alpha value is -2.87. The van der Waals surface area contributed by atoms with Gasteiger partial charge in [-0.05, 0) is 30.2 Å². The van der Waals surface area contributed by atoms with Gasteiger partial charge in [-0.2, -0.15) is 5.26 Å². The smallest absolute Gasteiger partial charge is 0.148 e. The largest absolute Gasteiger partial charge is 0.495 e.